The van der Waals surface area contributed by atoms with E-state index in [1.54, 1.807) is 12.1 Å². The summed E-state index contributed by atoms with van der Waals surface area (Å²) < 4.78 is 0. The Balaban J connectivity index is 2.80. The number of hydrogen-bond acceptors (Lipinski definition) is 4. The molecule has 0 aliphatic carbocycles. The standard InChI is InChI=1S/C9H12N4OS/c10-8(14)7-4-2-1-3-6(7)5-15-9(11)13-12/h1-4H,5,12H2,(H2,10,14)(H2,11,13). The fourth-order valence-corrected chi connectivity index (χ4v) is 1.71. The lowest BCUT2D eigenvalue weighted by molar-refractivity contribution is 0.0999. The minimum absolute atomic E-state index is 0.272. The monoisotopic (exact) mass is 224 g/mol. The van der Waals surface area contributed by atoms with Gasteiger partial charge in [0.1, 0.15) is 0 Å². The molecule has 1 aromatic rings. The van der Waals surface area contributed by atoms with E-state index in [2.05, 4.69) is 5.10 Å². The van der Waals surface area contributed by atoms with Gasteiger partial charge in [0.05, 0.1) is 0 Å². The van der Waals surface area contributed by atoms with Crippen molar-refractivity contribution in [2.45, 2.75) is 5.75 Å². The molecule has 1 amide bonds. The Morgan fingerprint density at radius 1 is 1.33 bits per heavy atom. The second kappa shape index (κ2) is 5.26. The molecule has 6 N–H and O–H groups in total. The highest BCUT2D eigenvalue weighted by atomic mass is 32.2. The van der Waals surface area contributed by atoms with Crippen LogP contribution in [0, 0.1) is 0 Å². The van der Waals surface area contributed by atoms with Gasteiger partial charge in [-0.2, -0.15) is 5.10 Å². The van der Waals surface area contributed by atoms with Gasteiger partial charge < -0.3 is 17.3 Å². The Morgan fingerprint density at radius 3 is 2.60 bits per heavy atom. The van der Waals surface area contributed by atoms with Crippen LogP contribution in [0.15, 0.2) is 29.4 Å². The number of carbonyl (C=O) groups is 1. The number of hydrogen-bond donors (Lipinski definition) is 3. The molecule has 0 atom stereocenters. The van der Waals surface area contributed by atoms with Gasteiger partial charge in [-0.15, -0.1) is 0 Å². The van der Waals surface area contributed by atoms with Crippen molar-refractivity contribution in [1.29, 1.82) is 0 Å². The van der Waals surface area contributed by atoms with Gasteiger partial charge in [0.25, 0.3) is 0 Å². The predicted octanol–water partition coefficient (Wildman–Crippen LogP) is 0.207. The van der Waals surface area contributed by atoms with Gasteiger partial charge in [-0.25, -0.2) is 0 Å². The summed E-state index contributed by atoms with van der Waals surface area (Å²) in [6, 6.07) is 7.08. The zero-order valence-corrected chi connectivity index (χ0v) is 8.83. The molecular weight excluding hydrogens is 212 g/mol. The van der Waals surface area contributed by atoms with Crippen LogP contribution in [0.4, 0.5) is 0 Å². The maximum absolute atomic E-state index is 11.1. The third-order valence-corrected chi connectivity index (χ3v) is 2.64. The van der Waals surface area contributed by atoms with Crippen molar-refractivity contribution in [3.8, 4) is 0 Å². The van der Waals surface area contributed by atoms with Crippen LogP contribution >= 0.6 is 11.8 Å². The molecule has 15 heavy (non-hydrogen) atoms. The summed E-state index contributed by atoms with van der Waals surface area (Å²) >= 11 is 1.26. The van der Waals surface area contributed by atoms with E-state index in [9.17, 15) is 4.79 Å². The summed E-state index contributed by atoms with van der Waals surface area (Å²) in [5.41, 5.74) is 12.0. The molecule has 0 spiro atoms. The Morgan fingerprint density at radius 2 is 2.00 bits per heavy atom. The van der Waals surface area contributed by atoms with Gasteiger partial charge in [0, 0.05) is 11.3 Å². The molecule has 1 rings (SSSR count). The smallest absolute Gasteiger partial charge is 0.249 e. The highest BCUT2D eigenvalue weighted by Crippen LogP contribution is 2.15. The molecule has 0 unspecified atom stereocenters. The van der Waals surface area contributed by atoms with Crippen LogP contribution in [0.25, 0.3) is 0 Å². The molecular formula is C9H12N4OS. The van der Waals surface area contributed by atoms with E-state index < -0.39 is 5.91 Å². The van der Waals surface area contributed by atoms with Gasteiger partial charge in [-0.1, -0.05) is 30.0 Å². The van der Waals surface area contributed by atoms with Crippen LogP contribution in [0.2, 0.25) is 0 Å². The lowest BCUT2D eigenvalue weighted by Gasteiger charge is -2.05. The molecule has 0 aliphatic rings. The van der Waals surface area contributed by atoms with Crippen LogP contribution in [0.3, 0.4) is 0 Å². The maximum atomic E-state index is 11.1. The van der Waals surface area contributed by atoms with Gasteiger partial charge in [-0.3, -0.25) is 4.79 Å². The van der Waals surface area contributed by atoms with Gasteiger partial charge in [-0.05, 0) is 11.6 Å². The lowest BCUT2D eigenvalue weighted by Crippen LogP contribution is -2.14. The average molecular weight is 224 g/mol. The van der Waals surface area contributed by atoms with E-state index in [-0.39, 0.29) is 5.17 Å². The average Bonchev–Trinajstić information content (AvgIpc) is 2.26. The number of hydrazone groups is 1. The number of rotatable bonds is 3. The molecule has 0 fully saturated rings. The number of amides is 1. The first-order valence-corrected chi connectivity index (χ1v) is 5.17. The van der Waals surface area contributed by atoms with E-state index in [1.807, 2.05) is 12.1 Å². The Kier molecular flexibility index (Phi) is 3.99. The van der Waals surface area contributed by atoms with Crippen LogP contribution < -0.4 is 17.3 Å². The van der Waals surface area contributed by atoms with Crippen LogP contribution in [0.5, 0.6) is 0 Å². The topological polar surface area (TPSA) is 107 Å². The van der Waals surface area contributed by atoms with E-state index >= 15 is 0 Å². The molecule has 0 heterocycles. The minimum Gasteiger partial charge on any atom is -0.377 e. The summed E-state index contributed by atoms with van der Waals surface area (Å²) in [5, 5.41) is 3.59. The second-order valence-electron chi connectivity index (χ2n) is 2.78. The Hall–Kier alpha value is -1.69. The number of thioether (sulfide) groups is 1. The van der Waals surface area contributed by atoms with Crippen molar-refractivity contribution in [3.63, 3.8) is 0 Å². The Labute approximate surface area is 91.7 Å². The van der Waals surface area contributed by atoms with Gasteiger partial charge in [0.15, 0.2) is 5.17 Å². The molecule has 80 valence electrons. The van der Waals surface area contributed by atoms with E-state index in [0.29, 0.717) is 11.3 Å². The molecule has 1 aromatic carbocycles. The summed E-state index contributed by atoms with van der Waals surface area (Å²) in [4.78, 5) is 11.1. The van der Waals surface area contributed by atoms with Crippen molar-refractivity contribution in [3.05, 3.63) is 35.4 Å². The van der Waals surface area contributed by atoms with Gasteiger partial charge in [0.2, 0.25) is 5.91 Å². The highest BCUT2D eigenvalue weighted by Gasteiger charge is 2.07. The Bertz CT molecular complexity index is 391. The highest BCUT2D eigenvalue weighted by molar-refractivity contribution is 8.13. The van der Waals surface area contributed by atoms with Crippen LogP contribution in [-0.2, 0) is 5.75 Å². The molecule has 5 nitrogen and oxygen atoms in total. The fraction of sp³-hybridized carbons (Fsp3) is 0.111. The zero-order valence-electron chi connectivity index (χ0n) is 8.01. The van der Waals surface area contributed by atoms with E-state index in [4.69, 9.17) is 17.3 Å². The number of carbonyl (C=O) groups excluding carboxylic acids is 1. The number of amidine groups is 1. The summed E-state index contributed by atoms with van der Waals surface area (Å²) in [6.45, 7) is 0. The summed E-state index contributed by atoms with van der Waals surface area (Å²) in [5.74, 6) is 5.05. The second-order valence-corrected chi connectivity index (χ2v) is 3.77. The fourth-order valence-electron chi connectivity index (χ4n) is 1.08. The van der Waals surface area contributed by atoms with Crippen molar-refractivity contribution >= 4 is 22.8 Å². The number of benzene rings is 1. The minimum atomic E-state index is -0.450. The first-order chi connectivity index (χ1) is 7.15. The van der Waals surface area contributed by atoms with Crippen molar-refractivity contribution < 1.29 is 4.79 Å². The third kappa shape index (κ3) is 3.17. The first kappa shape index (κ1) is 11.4. The van der Waals surface area contributed by atoms with E-state index in [0.717, 1.165) is 5.56 Å². The third-order valence-electron chi connectivity index (χ3n) is 1.79. The van der Waals surface area contributed by atoms with Crippen LogP contribution in [0.1, 0.15) is 15.9 Å². The molecule has 6 heteroatoms. The summed E-state index contributed by atoms with van der Waals surface area (Å²) in [7, 11) is 0. The number of nitrogens with two attached hydrogens (primary N) is 3. The van der Waals surface area contributed by atoms with Crippen molar-refractivity contribution in [1.82, 2.24) is 0 Å². The zero-order chi connectivity index (χ0) is 11.3. The number of nitrogens with zero attached hydrogens (tertiary/aromatic N) is 1. The SMILES string of the molecule is NN=C(N)SCc1ccccc1C(N)=O. The van der Waals surface area contributed by atoms with Gasteiger partial charge >= 0.3 is 0 Å². The quantitative estimate of drug-likeness (QED) is 0.295. The molecule has 0 aromatic heterocycles. The lowest BCUT2D eigenvalue weighted by atomic mass is 10.1. The normalized spacial score (nSPS) is 11.3. The largest absolute Gasteiger partial charge is 0.377 e. The maximum Gasteiger partial charge on any atom is 0.249 e. The molecule has 0 bridgehead atoms. The summed E-state index contributed by atoms with van der Waals surface area (Å²) in [6.07, 6.45) is 0. The predicted molar refractivity (Wildman–Crippen MR) is 62.1 cm³/mol. The molecule has 0 saturated heterocycles. The molecule has 0 radical (unpaired) electrons. The molecule has 0 aliphatic heterocycles. The van der Waals surface area contributed by atoms with Crippen molar-refractivity contribution in [2.24, 2.45) is 22.4 Å². The molecule has 0 saturated carbocycles. The number of primary amides is 1. The van der Waals surface area contributed by atoms with E-state index in [1.165, 1.54) is 11.8 Å². The van der Waals surface area contributed by atoms with Crippen molar-refractivity contribution in [2.75, 3.05) is 0 Å². The first-order valence-electron chi connectivity index (χ1n) is 4.19. The van der Waals surface area contributed by atoms with Crippen LogP contribution in [-0.4, -0.2) is 11.1 Å².